The van der Waals surface area contributed by atoms with E-state index in [2.05, 4.69) is 70.9 Å². The van der Waals surface area contributed by atoms with Gasteiger partial charge in [-0.15, -0.1) is 0 Å². The first-order chi connectivity index (χ1) is 10.4. The molecule has 2 nitrogen and oxygen atoms in total. The molecule has 0 aliphatic rings. The molecule has 0 amide bonds. The van der Waals surface area contributed by atoms with E-state index < -0.39 is 0 Å². The van der Waals surface area contributed by atoms with Crippen LogP contribution in [0, 0.1) is 0 Å². The van der Waals surface area contributed by atoms with Gasteiger partial charge in [-0.05, 0) is 44.1 Å². The zero-order valence-electron chi connectivity index (χ0n) is 13.0. The first-order valence-corrected chi connectivity index (χ1v) is 7.83. The summed E-state index contributed by atoms with van der Waals surface area (Å²) in [6, 6.07) is 21.5. The second-order valence-corrected chi connectivity index (χ2v) is 5.49. The van der Waals surface area contributed by atoms with E-state index in [1.165, 1.54) is 24.0 Å². The monoisotopic (exact) mass is 282 g/mol. The molecule has 0 radical (unpaired) electrons. The molecule has 2 aromatic carbocycles. The van der Waals surface area contributed by atoms with Gasteiger partial charge in [-0.3, -0.25) is 4.90 Å². The molecular formula is C19H26N2. The van der Waals surface area contributed by atoms with Crippen molar-refractivity contribution in [3.8, 4) is 0 Å². The van der Waals surface area contributed by atoms with Gasteiger partial charge in [-0.2, -0.15) is 0 Å². The lowest BCUT2D eigenvalue weighted by Crippen LogP contribution is -2.24. The highest BCUT2D eigenvalue weighted by Crippen LogP contribution is 2.11. The number of benzene rings is 2. The molecule has 0 heterocycles. The lowest BCUT2D eigenvalue weighted by atomic mass is 10.1. The first-order valence-electron chi connectivity index (χ1n) is 7.83. The summed E-state index contributed by atoms with van der Waals surface area (Å²) in [4.78, 5) is 2.54. The largest absolute Gasteiger partial charge is 0.320 e. The highest BCUT2D eigenvalue weighted by atomic mass is 15.1. The fraction of sp³-hybridized carbons (Fsp3) is 0.368. The Kier molecular flexibility index (Phi) is 6.99. The van der Waals surface area contributed by atoms with Crippen LogP contribution in [0.2, 0.25) is 0 Å². The molecule has 2 heteroatoms. The van der Waals surface area contributed by atoms with Gasteiger partial charge in [0.15, 0.2) is 0 Å². The summed E-state index contributed by atoms with van der Waals surface area (Å²) in [5.74, 6) is 0. The van der Waals surface area contributed by atoms with Crippen LogP contribution in [-0.2, 0) is 13.1 Å². The van der Waals surface area contributed by atoms with E-state index in [1.807, 2.05) is 7.05 Å². The SMILES string of the molecule is CNCCCCN(Cc1ccccc1)Cc1ccccc1. The van der Waals surface area contributed by atoms with Gasteiger partial charge in [0, 0.05) is 13.1 Å². The van der Waals surface area contributed by atoms with E-state index in [9.17, 15) is 0 Å². The van der Waals surface area contributed by atoms with Crippen LogP contribution in [0.3, 0.4) is 0 Å². The van der Waals surface area contributed by atoms with E-state index in [0.717, 1.165) is 26.2 Å². The van der Waals surface area contributed by atoms with Gasteiger partial charge in [0.05, 0.1) is 0 Å². The molecule has 0 aliphatic heterocycles. The molecule has 0 spiro atoms. The first kappa shape index (κ1) is 15.7. The van der Waals surface area contributed by atoms with Gasteiger partial charge in [-0.1, -0.05) is 60.7 Å². The van der Waals surface area contributed by atoms with Gasteiger partial charge in [0.1, 0.15) is 0 Å². The zero-order valence-corrected chi connectivity index (χ0v) is 13.0. The number of rotatable bonds is 9. The Morgan fingerprint density at radius 2 is 1.29 bits per heavy atom. The van der Waals surface area contributed by atoms with E-state index in [0.29, 0.717) is 0 Å². The molecule has 0 saturated heterocycles. The molecule has 0 fully saturated rings. The maximum atomic E-state index is 3.22. The summed E-state index contributed by atoms with van der Waals surface area (Å²) in [6.45, 7) is 4.29. The average Bonchev–Trinajstić information content (AvgIpc) is 2.53. The van der Waals surface area contributed by atoms with E-state index in [4.69, 9.17) is 0 Å². The Hall–Kier alpha value is -1.64. The summed E-state index contributed by atoms with van der Waals surface area (Å²) >= 11 is 0. The van der Waals surface area contributed by atoms with Crippen LogP contribution in [0.4, 0.5) is 0 Å². The van der Waals surface area contributed by atoms with Gasteiger partial charge >= 0.3 is 0 Å². The normalized spacial score (nSPS) is 11.0. The maximum absolute atomic E-state index is 3.22. The van der Waals surface area contributed by atoms with Gasteiger partial charge in [0.25, 0.3) is 0 Å². The summed E-state index contributed by atoms with van der Waals surface area (Å²) in [5, 5.41) is 3.22. The van der Waals surface area contributed by atoms with Crippen LogP contribution in [0.25, 0.3) is 0 Å². The van der Waals surface area contributed by atoms with Gasteiger partial charge in [0.2, 0.25) is 0 Å². The van der Waals surface area contributed by atoms with Crippen molar-refractivity contribution in [3.05, 3.63) is 71.8 Å². The van der Waals surface area contributed by atoms with E-state index >= 15 is 0 Å². The Morgan fingerprint density at radius 1 is 0.762 bits per heavy atom. The molecular weight excluding hydrogens is 256 g/mol. The third kappa shape index (κ3) is 6.11. The molecule has 2 aromatic rings. The van der Waals surface area contributed by atoms with Crippen LogP contribution in [-0.4, -0.2) is 25.0 Å². The Balaban J connectivity index is 1.93. The van der Waals surface area contributed by atoms with Crippen LogP contribution in [0.15, 0.2) is 60.7 Å². The predicted octanol–water partition coefficient (Wildman–Crippen LogP) is 3.69. The van der Waals surface area contributed by atoms with Crippen molar-refractivity contribution >= 4 is 0 Å². The summed E-state index contributed by atoms with van der Waals surface area (Å²) in [7, 11) is 2.02. The van der Waals surface area contributed by atoms with Crippen molar-refractivity contribution in [1.82, 2.24) is 10.2 Å². The fourth-order valence-corrected chi connectivity index (χ4v) is 2.53. The molecule has 21 heavy (non-hydrogen) atoms. The molecule has 0 saturated carbocycles. The number of unbranched alkanes of at least 4 members (excludes halogenated alkanes) is 1. The minimum atomic E-state index is 1.02. The van der Waals surface area contributed by atoms with Crippen molar-refractivity contribution in [2.75, 3.05) is 20.1 Å². The molecule has 112 valence electrons. The molecule has 0 bridgehead atoms. The van der Waals surface area contributed by atoms with Crippen molar-refractivity contribution in [1.29, 1.82) is 0 Å². The maximum Gasteiger partial charge on any atom is 0.0237 e. The third-order valence-corrected chi connectivity index (χ3v) is 3.65. The van der Waals surface area contributed by atoms with Crippen molar-refractivity contribution < 1.29 is 0 Å². The van der Waals surface area contributed by atoms with E-state index in [-0.39, 0.29) is 0 Å². The highest BCUT2D eigenvalue weighted by molar-refractivity contribution is 5.17. The number of hydrogen-bond acceptors (Lipinski definition) is 2. The van der Waals surface area contributed by atoms with Crippen molar-refractivity contribution in [2.24, 2.45) is 0 Å². The molecule has 0 aliphatic carbocycles. The zero-order chi connectivity index (χ0) is 14.8. The van der Waals surface area contributed by atoms with Crippen molar-refractivity contribution in [2.45, 2.75) is 25.9 Å². The second kappa shape index (κ2) is 9.32. The summed E-state index contributed by atoms with van der Waals surface area (Å²) in [5.41, 5.74) is 2.78. The minimum Gasteiger partial charge on any atom is -0.320 e. The molecule has 0 aromatic heterocycles. The highest BCUT2D eigenvalue weighted by Gasteiger charge is 2.06. The van der Waals surface area contributed by atoms with Gasteiger partial charge < -0.3 is 5.32 Å². The molecule has 0 unspecified atom stereocenters. The molecule has 1 N–H and O–H groups in total. The lowest BCUT2D eigenvalue weighted by molar-refractivity contribution is 0.251. The van der Waals surface area contributed by atoms with Gasteiger partial charge in [-0.25, -0.2) is 0 Å². The average molecular weight is 282 g/mol. The number of hydrogen-bond donors (Lipinski definition) is 1. The second-order valence-electron chi connectivity index (χ2n) is 5.49. The summed E-state index contributed by atoms with van der Waals surface area (Å²) < 4.78 is 0. The molecule has 2 rings (SSSR count). The van der Waals surface area contributed by atoms with Crippen LogP contribution in [0.1, 0.15) is 24.0 Å². The number of nitrogens with one attached hydrogen (secondary N) is 1. The summed E-state index contributed by atoms with van der Waals surface area (Å²) in [6.07, 6.45) is 2.47. The fourth-order valence-electron chi connectivity index (χ4n) is 2.53. The van der Waals surface area contributed by atoms with Crippen LogP contribution in [0.5, 0.6) is 0 Å². The lowest BCUT2D eigenvalue weighted by Gasteiger charge is -2.22. The standard InChI is InChI=1S/C19H26N2/c1-20-14-8-9-15-21(16-18-10-4-2-5-11-18)17-19-12-6-3-7-13-19/h2-7,10-13,20H,8-9,14-17H2,1H3. The van der Waals surface area contributed by atoms with Crippen LogP contribution < -0.4 is 5.32 Å². The quantitative estimate of drug-likeness (QED) is 0.706. The predicted molar refractivity (Wildman–Crippen MR) is 90.2 cm³/mol. The minimum absolute atomic E-state index is 1.02. The molecule has 0 atom stereocenters. The Labute approximate surface area is 128 Å². The Bertz CT molecular complexity index is 440. The number of nitrogens with zero attached hydrogens (tertiary/aromatic N) is 1. The van der Waals surface area contributed by atoms with E-state index in [1.54, 1.807) is 0 Å². The Morgan fingerprint density at radius 3 is 1.76 bits per heavy atom. The van der Waals surface area contributed by atoms with Crippen LogP contribution >= 0.6 is 0 Å². The topological polar surface area (TPSA) is 15.3 Å². The third-order valence-electron chi connectivity index (χ3n) is 3.65. The van der Waals surface area contributed by atoms with Crippen molar-refractivity contribution in [3.63, 3.8) is 0 Å². The smallest absolute Gasteiger partial charge is 0.0237 e.